The molecule has 1 unspecified atom stereocenters. The number of para-hydroxylation sites is 1. The fourth-order valence-electron chi connectivity index (χ4n) is 3.46. The number of thiazole rings is 1. The Balaban J connectivity index is 1.72. The quantitative estimate of drug-likeness (QED) is 0.514. The first-order chi connectivity index (χ1) is 14.0. The van der Waals surface area contributed by atoms with Gasteiger partial charge in [0, 0.05) is 0 Å². The highest BCUT2D eigenvalue weighted by atomic mass is 32.1. The maximum absolute atomic E-state index is 13.1. The summed E-state index contributed by atoms with van der Waals surface area (Å²) in [5.74, 6) is -0.775. The SMILES string of the molecule is Cc1ccc(C2C(c3nc4ccccc4s3)=C(O)C(=O)N2c2nnc(C)s2)cc1. The average molecular weight is 421 g/mol. The van der Waals surface area contributed by atoms with Crippen molar-refractivity contribution in [3.8, 4) is 0 Å². The van der Waals surface area contributed by atoms with Crippen LogP contribution in [0.2, 0.25) is 0 Å². The maximum Gasteiger partial charge on any atom is 0.296 e. The molecule has 29 heavy (non-hydrogen) atoms. The molecule has 1 aliphatic rings. The van der Waals surface area contributed by atoms with Gasteiger partial charge in [-0.2, -0.15) is 0 Å². The smallest absolute Gasteiger partial charge is 0.296 e. The molecule has 0 saturated heterocycles. The van der Waals surface area contributed by atoms with Crippen LogP contribution in [0.4, 0.5) is 5.13 Å². The number of aryl methyl sites for hydroxylation is 2. The Labute approximate surface area is 174 Å². The van der Waals surface area contributed by atoms with Crippen LogP contribution >= 0.6 is 22.7 Å². The van der Waals surface area contributed by atoms with Crippen molar-refractivity contribution in [2.45, 2.75) is 19.9 Å². The summed E-state index contributed by atoms with van der Waals surface area (Å²) in [5.41, 5.74) is 3.35. The molecule has 2 aromatic heterocycles. The number of carbonyl (C=O) groups is 1. The zero-order chi connectivity index (χ0) is 20.1. The van der Waals surface area contributed by atoms with Crippen LogP contribution in [0.5, 0.6) is 0 Å². The van der Waals surface area contributed by atoms with Crippen LogP contribution in [0.15, 0.2) is 54.3 Å². The summed E-state index contributed by atoms with van der Waals surface area (Å²) in [5, 5.41) is 20.9. The normalized spacial score (nSPS) is 17.0. The van der Waals surface area contributed by atoms with Gasteiger partial charge in [0.25, 0.3) is 5.91 Å². The molecule has 0 bridgehead atoms. The number of anilines is 1. The second kappa shape index (κ2) is 6.75. The molecule has 1 amide bonds. The number of aliphatic hydroxyl groups excluding tert-OH is 1. The molecule has 144 valence electrons. The van der Waals surface area contributed by atoms with Gasteiger partial charge < -0.3 is 5.11 Å². The van der Waals surface area contributed by atoms with Crippen molar-refractivity contribution >= 4 is 49.5 Å². The Hall–Kier alpha value is -3.10. The van der Waals surface area contributed by atoms with Gasteiger partial charge >= 0.3 is 0 Å². The third-order valence-corrected chi connectivity index (χ3v) is 6.75. The van der Waals surface area contributed by atoms with Gasteiger partial charge in [-0.3, -0.25) is 9.69 Å². The van der Waals surface area contributed by atoms with Crippen molar-refractivity contribution in [1.82, 2.24) is 15.2 Å². The minimum absolute atomic E-state index is 0.289. The number of nitrogens with zero attached hydrogens (tertiary/aromatic N) is 4. The summed E-state index contributed by atoms with van der Waals surface area (Å²) >= 11 is 2.79. The standard InChI is InChI=1S/C21H16N4O2S2/c1-11-7-9-13(10-8-11)17-16(19-22-14-5-3-4-6-15(14)29-19)18(26)20(27)25(17)21-24-23-12(2)28-21/h3-10,17,26H,1-2H3. The van der Waals surface area contributed by atoms with E-state index in [1.165, 1.54) is 27.6 Å². The van der Waals surface area contributed by atoms with Gasteiger partial charge in [0.1, 0.15) is 10.0 Å². The molecule has 1 N–H and O–H groups in total. The molecule has 1 aliphatic heterocycles. The predicted octanol–water partition coefficient (Wildman–Crippen LogP) is 4.82. The van der Waals surface area contributed by atoms with Gasteiger partial charge in [-0.05, 0) is 31.5 Å². The molecule has 0 aliphatic carbocycles. The van der Waals surface area contributed by atoms with E-state index in [0.29, 0.717) is 15.7 Å². The van der Waals surface area contributed by atoms with E-state index in [-0.39, 0.29) is 5.76 Å². The van der Waals surface area contributed by atoms with Gasteiger partial charge in [0.05, 0.1) is 21.8 Å². The highest BCUT2D eigenvalue weighted by Gasteiger charge is 2.44. The summed E-state index contributed by atoms with van der Waals surface area (Å²) in [6.45, 7) is 3.85. The molecule has 0 fully saturated rings. The molecule has 0 saturated carbocycles. The van der Waals surface area contributed by atoms with Crippen molar-refractivity contribution < 1.29 is 9.90 Å². The number of hydrogen-bond acceptors (Lipinski definition) is 7. The van der Waals surface area contributed by atoms with E-state index in [0.717, 1.165) is 26.4 Å². The summed E-state index contributed by atoms with van der Waals surface area (Å²) in [4.78, 5) is 19.3. The van der Waals surface area contributed by atoms with E-state index in [4.69, 9.17) is 4.98 Å². The van der Waals surface area contributed by atoms with Crippen LogP contribution in [0.25, 0.3) is 15.8 Å². The van der Waals surface area contributed by atoms with Crippen molar-refractivity contribution in [3.63, 3.8) is 0 Å². The largest absolute Gasteiger partial charge is 0.503 e. The van der Waals surface area contributed by atoms with Gasteiger partial charge in [-0.25, -0.2) is 4.98 Å². The number of amides is 1. The molecular weight excluding hydrogens is 404 g/mol. The van der Waals surface area contributed by atoms with Gasteiger partial charge in [-0.1, -0.05) is 53.3 Å². The lowest BCUT2D eigenvalue weighted by Crippen LogP contribution is -2.30. The first kappa shape index (κ1) is 18.0. The molecule has 3 heterocycles. The van der Waals surface area contributed by atoms with E-state index in [2.05, 4.69) is 10.2 Å². The number of carbonyl (C=O) groups excluding carboxylic acids is 1. The molecule has 5 rings (SSSR count). The van der Waals surface area contributed by atoms with Crippen molar-refractivity contribution in [1.29, 1.82) is 0 Å². The van der Waals surface area contributed by atoms with Crippen molar-refractivity contribution in [3.05, 3.63) is 75.4 Å². The molecule has 6 nitrogen and oxygen atoms in total. The zero-order valence-electron chi connectivity index (χ0n) is 15.7. The number of fused-ring (bicyclic) bond motifs is 1. The molecular formula is C21H16N4O2S2. The van der Waals surface area contributed by atoms with E-state index in [1.807, 2.05) is 62.4 Å². The Bertz CT molecular complexity index is 1240. The summed E-state index contributed by atoms with van der Waals surface area (Å²) in [6, 6.07) is 15.2. The van der Waals surface area contributed by atoms with Gasteiger partial charge in [0.15, 0.2) is 5.76 Å². The minimum Gasteiger partial charge on any atom is -0.503 e. The Kier molecular flexibility index (Phi) is 4.18. The minimum atomic E-state index is -0.518. The summed E-state index contributed by atoms with van der Waals surface area (Å²) in [6.07, 6.45) is 0. The van der Waals surface area contributed by atoms with Gasteiger partial charge in [0.2, 0.25) is 5.13 Å². The Morgan fingerprint density at radius 1 is 1.00 bits per heavy atom. The van der Waals surface area contributed by atoms with Crippen LogP contribution in [-0.4, -0.2) is 26.2 Å². The number of hydrogen-bond donors (Lipinski definition) is 1. The van der Waals surface area contributed by atoms with Crippen LogP contribution in [0.1, 0.15) is 27.2 Å². The predicted molar refractivity (Wildman–Crippen MR) is 115 cm³/mol. The Morgan fingerprint density at radius 2 is 1.76 bits per heavy atom. The number of benzene rings is 2. The van der Waals surface area contributed by atoms with Crippen molar-refractivity contribution in [2.75, 3.05) is 4.90 Å². The first-order valence-corrected chi connectivity index (χ1v) is 10.7. The fraction of sp³-hybridized carbons (Fsp3) is 0.143. The van der Waals surface area contributed by atoms with E-state index in [9.17, 15) is 9.90 Å². The van der Waals surface area contributed by atoms with E-state index < -0.39 is 11.9 Å². The topological polar surface area (TPSA) is 79.2 Å². The Morgan fingerprint density at radius 3 is 2.45 bits per heavy atom. The summed E-state index contributed by atoms with van der Waals surface area (Å²) in [7, 11) is 0. The molecule has 2 aromatic carbocycles. The van der Waals surface area contributed by atoms with Crippen LogP contribution in [0.3, 0.4) is 0 Å². The van der Waals surface area contributed by atoms with Crippen molar-refractivity contribution in [2.24, 2.45) is 0 Å². The van der Waals surface area contributed by atoms with E-state index in [1.54, 1.807) is 0 Å². The molecule has 0 radical (unpaired) electrons. The first-order valence-electron chi connectivity index (χ1n) is 9.02. The molecule has 0 spiro atoms. The molecule has 4 aromatic rings. The number of rotatable bonds is 3. The fourth-order valence-corrected chi connectivity index (χ4v) is 5.21. The number of aliphatic hydroxyl groups is 1. The highest BCUT2D eigenvalue weighted by molar-refractivity contribution is 7.19. The average Bonchev–Trinajstić information content (AvgIpc) is 3.39. The van der Waals surface area contributed by atoms with Crippen LogP contribution in [-0.2, 0) is 4.79 Å². The lowest BCUT2D eigenvalue weighted by molar-refractivity contribution is -0.117. The lowest BCUT2D eigenvalue weighted by atomic mass is 9.99. The summed E-state index contributed by atoms with van der Waals surface area (Å²) < 4.78 is 1.00. The molecule has 8 heteroatoms. The highest BCUT2D eigenvalue weighted by Crippen LogP contribution is 2.47. The van der Waals surface area contributed by atoms with Crippen LogP contribution < -0.4 is 4.90 Å². The molecule has 1 atom stereocenters. The second-order valence-corrected chi connectivity index (χ2v) is 9.03. The maximum atomic E-state index is 13.1. The second-order valence-electron chi connectivity index (χ2n) is 6.84. The van der Waals surface area contributed by atoms with Crippen LogP contribution in [0, 0.1) is 13.8 Å². The monoisotopic (exact) mass is 420 g/mol. The zero-order valence-corrected chi connectivity index (χ0v) is 17.3. The third-order valence-electron chi connectivity index (χ3n) is 4.85. The van der Waals surface area contributed by atoms with E-state index >= 15 is 0 Å². The van der Waals surface area contributed by atoms with Gasteiger partial charge in [-0.15, -0.1) is 21.5 Å². The third kappa shape index (κ3) is 2.92. The number of aromatic nitrogens is 3. The lowest BCUT2D eigenvalue weighted by Gasteiger charge is -2.24.